The number of amides is 1. The maximum atomic E-state index is 12.7. The van der Waals surface area contributed by atoms with Crippen LogP contribution in [0.25, 0.3) is 0 Å². The third kappa shape index (κ3) is 4.30. The number of rotatable bonds is 6. The molecule has 26 heavy (non-hydrogen) atoms. The van der Waals surface area contributed by atoms with Crippen molar-refractivity contribution in [2.75, 3.05) is 20.3 Å². The molecule has 140 valence electrons. The van der Waals surface area contributed by atoms with Crippen molar-refractivity contribution in [3.05, 3.63) is 23.8 Å². The van der Waals surface area contributed by atoms with Gasteiger partial charge in [-0.25, -0.2) is 0 Å². The topological polar surface area (TPSA) is 62.6 Å². The van der Waals surface area contributed by atoms with Crippen molar-refractivity contribution in [2.24, 2.45) is 5.92 Å². The van der Waals surface area contributed by atoms with Crippen molar-refractivity contribution in [2.45, 2.75) is 57.4 Å². The number of nitriles is 1. The van der Waals surface area contributed by atoms with E-state index in [4.69, 9.17) is 14.7 Å². The average molecular weight is 356 g/mol. The lowest BCUT2D eigenvalue weighted by atomic mass is 9.78. The number of fused-ring (bicyclic) bond motifs is 1. The van der Waals surface area contributed by atoms with Gasteiger partial charge in [-0.05, 0) is 50.2 Å². The second-order valence-corrected chi connectivity index (χ2v) is 7.27. The molecule has 1 saturated carbocycles. The fourth-order valence-electron chi connectivity index (χ4n) is 4.34. The molecule has 5 heteroatoms. The lowest BCUT2D eigenvalue weighted by Gasteiger charge is -2.44. The standard InChI is InChI=1S/C21H28N2O3/c1-25-20-14-16(15-22)10-11-19(20)26-13-5-9-21(24)23-12-4-7-17-6-2-3-8-18(17)23/h10-11,14,17-18H,2-9,12-13H2,1H3/t17-,18-/m1/s1. The van der Waals surface area contributed by atoms with Crippen LogP contribution in [0.4, 0.5) is 0 Å². The zero-order chi connectivity index (χ0) is 18.4. The van der Waals surface area contributed by atoms with E-state index in [0.29, 0.717) is 42.6 Å². The van der Waals surface area contributed by atoms with Gasteiger partial charge in [0, 0.05) is 25.1 Å². The van der Waals surface area contributed by atoms with Gasteiger partial charge in [0.15, 0.2) is 11.5 Å². The van der Waals surface area contributed by atoms with Crippen molar-refractivity contribution in [3.8, 4) is 17.6 Å². The summed E-state index contributed by atoms with van der Waals surface area (Å²) < 4.78 is 11.0. The first kappa shape index (κ1) is 18.6. The van der Waals surface area contributed by atoms with E-state index >= 15 is 0 Å². The molecule has 1 heterocycles. The average Bonchev–Trinajstić information content (AvgIpc) is 2.70. The van der Waals surface area contributed by atoms with Gasteiger partial charge in [-0.3, -0.25) is 4.79 Å². The maximum Gasteiger partial charge on any atom is 0.222 e. The van der Waals surface area contributed by atoms with E-state index in [9.17, 15) is 4.79 Å². The van der Waals surface area contributed by atoms with E-state index in [1.54, 1.807) is 25.3 Å². The van der Waals surface area contributed by atoms with Crippen LogP contribution < -0.4 is 9.47 Å². The Balaban J connectivity index is 1.47. The van der Waals surface area contributed by atoms with Gasteiger partial charge in [0.25, 0.3) is 0 Å². The number of methoxy groups -OCH3 is 1. The Bertz CT molecular complexity index is 666. The number of carbonyl (C=O) groups excluding carboxylic acids is 1. The molecule has 2 fully saturated rings. The highest BCUT2D eigenvalue weighted by atomic mass is 16.5. The Morgan fingerprint density at radius 3 is 2.85 bits per heavy atom. The van der Waals surface area contributed by atoms with Crippen molar-refractivity contribution in [3.63, 3.8) is 0 Å². The van der Waals surface area contributed by atoms with Crippen LogP contribution in [-0.2, 0) is 4.79 Å². The Morgan fingerprint density at radius 2 is 2.04 bits per heavy atom. The number of nitrogens with zero attached hydrogens (tertiary/aromatic N) is 2. The van der Waals surface area contributed by atoms with Crippen LogP contribution >= 0.6 is 0 Å². The number of carbonyl (C=O) groups is 1. The summed E-state index contributed by atoms with van der Waals surface area (Å²) in [4.78, 5) is 14.8. The Hall–Kier alpha value is -2.22. The molecule has 1 saturated heterocycles. The summed E-state index contributed by atoms with van der Waals surface area (Å²) >= 11 is 0. The van der Waals surface area contributed by atoms with Crippen LogP contribution in [-0.4, -0.2) is 37.1 Å². The fraction of sp³-hybridized carbons (Fsp3) is 0.619. The fourth-order valence-corrected chi connectivity index (χ4v) is 4.34. The van der Waals surface area contributed by atoms with Crippen LogP contribution in [0.15, 0.2) is 18.2 Å². The first-order valence-corrected chi connectivity index (χ1v) is 9.73. The number of piperidine rings is 1. The Morgan fingerprint density at radius 1 is 1.23 bits per heavy atom. The van der Waals surface area contributed by atoms with Gasteiger partial charge in [-0.15, -0.1) is 0 Å². The largest absolute Gasteiger partial charge is 0.493 e. The van der Waals surface area contributed by atoms with E-state index in [2.05, 4.69) is 11.0 Å². The van der Waals surface area contributed by atoms with Crippen molar-refractivity contribution in [1.82, 2.24) is 4.90 Å². The highest BCUT2D eigenvalue weighted by Crippen LogP contribution is 2.35. The SMILES string of the molecule is COc1cc(C#N)ccc1OCCCC(=O)N1CCC[C@H]2CCCC[C@H]21. The summed E-state index contributed by atoms with van der Waals surface area (Å²) in [6.45, 7) is 1.39. The second kappa shape index (κ2) is 8.93. The van der Waals surface area contributed by atoms with E-state index < -0.39 is 0 Å². The molecule has 2 aliphatic rings. The normalized spacial score (nSPS) is 22.2. The first-order valence-electron chi connectivity index (χ1n) is 9.73. The summed E-state index contributed by atoms with van der Waals surface area (Å²) in [6, 6.07) is 7.68. The summed E-state index contributed by atoms with van der Waals surface area (Å²) in [5.41, 5.74) is 0.538. The van der Waals surface area contributed by atoms with E-state index in [1.807, 2.05) is 0 Å². The summed E-state index contributed by atoms with van der Waals surface area (Å²) in [5.74, 6) is 2.17. The van der Waals surface area contributed by atoms with Gasteiger partial charge >= 0.3 is 0 Å². The van der Waals surface area contributed by atoms with Crippen LogP contribution in [0.2, 0.25) is 0 Å². The molecule has 0 unspecified atom stereocenters. The van der Waals surface area contributed by atoms with Gasteiger partial charge in [-0.1, -0.05) is 12.8 Å². The van der Waals surface area contributed by atoms with Crippen molar-refractivity contribution >= 4 is 5.91 Å². The van der Waals surface area contributed by atoms with Gasteiger partial charge in [-0.2, -0.15) is 5.26 Å². The number of likely N-dealkylation sites (tertiary alicyclic amines) is 1. The van der Waals surface area contributed by atoms with Gasteiger partial charge in [0.1, 0.15) is 0 Å². The molecule has 3 rings (SSSR count). The molecule has 2 atom stereocenters. The quantitative estimate of drug-likeness (QED) is 0.725. The van der Waals surface area contributed by atoms with E-state index in [1.165, 1.54) is 32.1 Å². The lowest BCUT2D eigenvalue weighted by Crippen LogP contribution is -2.49. The predicted octanol–water partition coefficient (Wildman–Crippen LogP) is 3.91. The van der Waals surface area contributed by atoms with Crippen molar-refractivity contribution in [1.29, 1.82) is 5.26 Å². The van der Waals surface area contributed by atoms with Crippen LogP contribution in [0.5, 0.6) is 11.5 Å². The highest BCUT2D eigenvalue weighted by Gasteiger charge is 2.35. The zero-order valence-corrected chi connectivity index (χ0v) is 15.6. The summed E-state index contributed by atoms with van der Waals surface area (Å²) in [5, 5.41) is 8.94. The van der Waals surface area contributed by atoms with E-state index in [-0.39, 0.29) is 5.91 Å². The molecule has 0 N–H and O–H groups in total. The Labute approximate surface area is 155 Å². The molecule has 1 aromatic carbocycles. The number of hydrogen-bond acceptors (Lipinski definition) is 4. The van der Waals surface area contributed by atoms with Crippen LogP contribution in [0.1, 0.15) is 56.9 Å². The van der Waals surface area contributed by atoms with Gasteiger partial charge in [0.2, 0.25) is 5.91 Å². The molecule has 0 spiro atoms. The van der Waals surface area contributed by atoms with Gasteiger partial charge < -0.3 is 14.4 Å². The Kier molecular flexibility index (Phi) is 6.38. The minimum atomic E-state index is 0.275. The molecule has 1 aliphatic carbocycles. The molecule has 0 aromatic heterocycles. The van der Waals surface area contributed by atoms with Crippen molar-refractivity contribution < 1.29 is 14.3 Å². The van der Waals surface area contributed by atoms with E-state index in [0.717, 1.165) is 18.9 Å². The third-order valence-electron chi connectivity index (χ3n) is 5.65. The molecule has 0 radical (unpaired) electrons. The summed E-state index contributed by atoms with van der Waals surface area (Å²) in [7, 11) is 1.56. The molecule has 1 amide bonds. The molecular formula is C21H28N2O3. The second-order valence-electron chi connectivity index (χ2n) is 7.27. The number of ether oxygens (including phenoxy) is 2. The number of benzene rings is 1. The monoisotopic (exact) mass is 356 g/mol. The summed E-state index contributed by atoms with van der Waals surface area (Å²) in [6.07, 6.45) is 8.70. The minimum Gasteiger partial charge on any atom is -0.493 e. The minimum absolute atomic E-state index is 0.275. The zero-order valence-electron chi connectivity index (χ0n) is 15.6. The first-order chi connectivity index (χ1) is 12.7. The number of hydrogen-bond donors (Lipinski definition) is 0. The molecule has 5 nitrogen and oxygen atoms in total. The van der Waals surface area contributed by atoms with Crippen LogP contribution in [0, 0.1) is 17.2 Å². The third-order valence-corrected chi connectivity index (χ3v) is 5.65. The molecular weight excluding hydrogens is 328 g/mol. The maximum absolute atomic E-state index is 12.7. The van der Waals surface area contributed by atoms with Crippen LogP contribution in [0.3, 0.4) is 0 Å². The lowest BCUT2D eigenvalue weighted by molar-refractivity contribution is -0.137. The van der Waals surface area contributed by atoms with Gasteiger partial charge in [0.05, 0.1) is 25.3 Å². The predicted molar refractivity (Wildman–Crippen MR) is 99.1 cm³/mol. The molecule has 0 bridgehead atoms. The molecule has 1 aliphatic heterocycles. The highest BCUT2D eigenvalue weighted by molar-refractivity contribution is 5.76. The molecule has 1 aromatic rings. The smallest absolute Gasteiger partial charge is 0.222 e.